The SMILES string of the molecule is Cc1cc(NC(=O)Nc2ccc([S@](C)=O)cc2)ccc1O. The van der Waals surface area contributed by atoms with Crippen molar-refractivity contribution in [3.05, 3.63) is 48.0 Å². The minimum atomic E-state index is -1.04. The highest BCUT2D eigenvalue weighted by Crippen LogP contribution is 2.20. The van der Waals surface area contributed by atoms with E-state index < -0.39 is 10.8 Å². The summed E-state index contributed by atoms with van der Waals surface area (Å²) in [7, 11) is -1.04. The summed E-state index contributed by atoms with van der Waals surface area (Å²) in [4.78, 5) is 12.6. The largest absolute Gasteiger partial charge is 0.508 e. The summed E-state index contributed by atoms with van der Waals surface area (Å²) in [5.74, 6) is 0.184. The molecular weight excluding hydrogens is 288 g/mol. The standard InChI is InChI=1S/C15H16N2O3S/c1-10-9-12(5-8-14(10)18)17-15(19)16-11-3-6-13(7-4-11)21(2)20/h3-9,18H,1-2H3,(H2,16,17,19)/t21-/m0/s1. The number of phenols is 1. The second kappa shape index (κ2) is 6.41. The highest BCUT2D eigenvalue weighted by molar-refractivity contribution is 7.84. The maximum atomic E-state index is 11.9. The molecule has 0 saturated carbocycles. The second-order valence-corrected chi connectivity index (χ2v) is 5.94. The van der Waals surface area contributed by atoms with Gasteiger partial charge in [-0.1, -0.05) is 0 Å². The number of anilines is 2. The lowest BCUT2D eigenvalue weighted by molar-refractivity contribution is 0.262. The second-order valence-electron chi connectivity index (χ2n) is 4.56. The molecule has 2 rings (SSSR count). The molecule has 1 atom stereocenters. The number of aryl methyl sites for hydroxylation is 1. The van der Waals surface area contributed by atoms with E-state index in [1.54, 1.807) is 49.6 Å². The Balaban J connectivity index is 2.01. The number of rotatable bonds is 3. The summed E-state index contributed by atoms with van der Waals surface area (Å²) >= 11 is 0. The van der Waals surface area contributed by atoms with Crippen molar-refractivity contribution in [2.75, 3.05) is 16.9 Å². The van der Waals surface area contributed by atoms with Gasteiger partial charge in [-0.2, -0.15) is 0 Å². The summed E-state index contributed by atoms with van der Waals surface area (Å²) in [5.41, 5.74) is 1.88. The third-order valence-electron chi connectivity index (χ3n) is 2.90. The highest BCUT2D eigenvalue weighted by Gasteiger charge is 2.05. The third kappa shape index (κ3) is 4.06. The van der Waals surface area contributed by atoms with Crippen LogP contribution in [0.1, 0.15) is 5.56 Å². The molecule has 0 saturated heterocycles. The predicted molar refractivity (Wildman–Crippen MR) is 84.3 cm³/mol. The summed E-state index contributed by atoms with van der Waals surface area (Å²) in [6.45, 7) is 1.75. The Kier molecular flexibility index (Phi) is 4.59. The van der Waals surface area contributed by atoms with Crippen LogP contribution in [0.2, 0.25) is 0 Å². The van der Waals surface area contributed by atoms with E-state index in [4.69, 9.17) is 0 Å². The van der Waals surface area contributed by atoms with Crippen molar-refractivity contribution in [2.24, 2.45) is 0 Å². The van der Waals surface area contributed by atoms with Crippen LogP contribution in [0.15, 0.2) is 47.4 Å². The molecule has 0 heterocycles. The van der Waals surface area contributed by atoms with Crippen molar-refractivity contribution >= 4 is 28.2 Å². The normalized spacial score (nSPS) is 11.7. The molecule has 2 amide bonds. The van der Waals surface area contributed by atoms with Gasteiger partial charge in [-0.3, -0.25) is 4.21 Å². The zero-order chi connectivity index (χ0) is 15.4. The highest BCUT2D eigenvalue weighted by atomic mass is 32.2. The molecule has 0 bridgehead atoms. The van der Waals surface area contributed by atoms with E-state index in [2.05, 4.69) is 10.6 Å². The maximum Gasteiger partial charge on any atom is 0.323 e. The van der Waals surface area contributed by atoms with Crippen molar-refractivity contribution in [1.82, 2.24) is 0 Å². The molecule has 0 aliphatic carbocycles. The zero-order valence-corrected chi connectivity index (χ0v) is 12.5. The van der Waals surface area contributed by atoms with Gasteiger partial charge in [0.25, 0.3) is 0 Å². The number of carbonyl (C=O) groups excluding carboxylic acids is 1. The lowest BCUT2D eigenvalue weighted by atomic mass is 10.2. The van der Waals surface area contributed by atoms with Gasteiger partial charge in [-0.15, -0.1) is 0 Å². The first-order valence-corrected chi connectivity index (χ1v) is 7.82. The van der Waals surface area contributed by atoms with Crippen LogP contribution in [-0.4, -0.2) is 21.6 Å². The molecule has 110 valence electrons. The number of amides is 2. The van der Waals surface area contributed by atoms with Crippen LogP contribution in [0.4, 0.5) is 16.2 Å². The quantitative estimate of drug-likeness (QED) is 0.762. The van der Waals surface area contributed by atoms with Gasteiger partial charge < -0.3 is 15.7 Å². The molecule has 0 fully saturated rings. The molecule has 2 aromatic rings. The molecule has 5 nitrogen and oxygen atoms in total. The van der Waals surface area contributed by atoms with Crippen LogP contribution in [-0.2, 0) is 10.8 Å². The smallest absolute Gasteiger partial charge is 0.323 e. The molecule has 0 unspecified atom stereocenters. The van der Waals surface area contributed by atoms with Gasteiger partial charge in [0.15, 0.2) is 0 Å². The fourth-order valence-corrected chi connectivity index (χ4v) is 2.28. The Morgan fingerprint density at radius 3 is 2.19 bits per heavy atom. The van der Waals surface area contributed by atoms with Gasteiger partial charge in [0.2, 0.25) is 0 Å². The molecule has 3 N–H and O–H groups in total. The van der Waals surface area contributed by atoms with E-state index in [-0.39, 0.29) is 11.8 Å². The predicted octanol–water partition coefficient (Wildman–Crippen LogP) is 3.08. The molecule has 21 heavy (non-hydrogen) atoms. The number of urea groups is 1. The number of nitrogens with one attached hydrogen (secondary N) is 2. The van der Waals surface area contributed by atoms with Gasteiger partial charge in [-0.05, 0) is 55.0 Å². The number of phenolic OH excluding ortho intramolecular Hbond substituents is 1. The van der Waals surface area contributed by atoms with Crippen molar-refractivity contribution < 1.29 is 14.1 Å². The van der Waals surface area contributed by atoms with Crippen LogP contribution < -0.4 is 10.6 Å². The maximum absolute atomic E-state index is 11.9. The molecule has 0 aliphatic heterocycles. The number of hydrogen-bond acceptors (Lipinski definition) is 3. The number of aromatic hydroxyl groups is 1. The number of benzene rings is 2. The molecular formula is C15H16N2O3S. The molecule has 6 heteroatoms. The van der Waals surface area contributed by atoms with Crippen LogP contribution in [0, 0.1) is 6.92 Å². The van der Waals surface area contributed by atoms with E-state index in [0.717, 1.165) is 0 Å². The lowest BCUT2D eigenvalue weighted by Gasteiger charge is -2.09. The van der Waals surface area contributed by atoms with Crippen LogP contribution in [0.5, 0.6) is 5.75 Å². The van der Waals surface area contributed by atoms with Crippen LogP contribution in [0.3, 0.4) is 0 Å². The van der Waals surface area contributed by atoms with Crippen molar-refractivity contribution in [3.63, 3.8) is 0 Å². The first-order chi connectivity index (χ1) is 9.95. The van der Waals surface area contributed by atoms with Crippen LogP contribution >= 0.6 is 0 Å². The monoisotopic (exact) mass is 304 g/mol. The Morgan fingerprint density at radius 2 is 1.62 bits per heavy atom. The first-order valence-electron chi connectivity index (χ1n) is 6.27. The average molecular weight is 304 g/mol. The molecule has 0 radical (unpaired) electrons. The summed E-state index contributed by atoms with van der Waals surface area (Å²) < 4.78 is 11.3. The lowest BCUT2D eigenvalue weighted by Crippen LogP contribution is -2.19. The molecule has 0 aromatic heterocycles. The number of hydrogen-bond donors (Lipinski definition) is 3. The molecule has 2 aromatic carbocycles. The topological polar surface area (TPSA) is 78.4 Å². The van der Waals surface area contributed by atoms with Crippen molar-refractivity contribution in [2.45, 2.75) is 11.8 Å². The van der Waals surface area contributed by atoms with E-state index >= 15 is 0 Å². The van der Waals surface area contributed by atoms with E-state index in [0.29, 0.717) is 21.8 Å². The van der Waals surface area contributed by atoms with Crippen LogP contribution in [0.25, 0.3) is 0 Å². The number of carbonyl (C=O) groups is 1. The van der Waals surface area contributed by atoms with Crippen molar-refractivity contribution in [3.8, 4) is 5.75 Å². The fraction of sp³-hybridized carbons (Fsp3) is 0.133. The van der Waals surface area contributed by atoms with Gasteiger partial charge in [0.05, 0.1) is 0 Å². The van der Waals surface area contributed by atoms with E-state index in [9.17, 15) is 14.1 Å². The Morgan fingerprint density at radius 1 is 1.05 bits per heavy atom. The van der Waals surface area contributed by atoms with E-state index in [1.165, 1.54) is 6.07 Å². The van der Waals surface area contributed by atoms with Gasteiger partial charge in [0.1, 0.15) is 5.75 Å². The zero-order valence-electron chi connectivity index (χ0n) is 11.7. The first kappa shape index (κ1) is 15.1. The van der Waals surface area contributed by atoms with Gasteiger partial charge in [0, 0.05) is 33.3 Å². The Labute approximate surface area is 125 Å². The fourth-order valence-electron chi connectivity index (χ4n) is 1.76. The summed E-state index contributed by atoms with van der Waals surface area (Å²) in [6, 6.07) is 11.2. The molecule has 0 aliphatic rings. The summed E-state index contributed by atoms with van der Waals surface area (Å²) in [6.07, 6.45) is 1.60. The van der Waals surface area contributed by atoms with E-state index in [1.807, 2.05) is 0 Å². The minimum Gasteiger partial charge on any atom is -0.508 e. The van der Waals surface area contributed by atoms with Gasteiger partial charge >= 0.3 is 6.03 Å². The molecule has 0 spiro atoms. The van der Waals surface area contributed by atoms with Gasteiger partial charge in [-0.25, -0.2) is 4.79 Å². The minimum absolute atomic E-state index is 0.184. The Hall–Kier alpha value is -2.34. The Bertz CT molecular complexity index is 684. The van der Waals surface area contributed by atoms with Crippen molar-refractivity contribution in [1.29, 1.82) is 0 Å². The average Bonchev–Trinajstić information content (AvgIpc) is 2.43. The summed E-state index contributed by atoms with van der Waals surface area (Å²) in [5, 5.41) is 14.8. The third-order valence-corrected chi connectivity index (χ3v) is 3.83.